The standard InChI is InChI=1S/C11H12ClNO4/c1-3-17-10-5-9(13-6(2)14)8(12)4-7(10)11(15)16/h4-5H,3H2,1-2H3,(H,13,14)(H,15,16). The van der Waals surface area contributed by atoms with Crippen molar-refractivity contribution in [3.63, 3.8) is 0 Å². The van der Waals surface area contributed by atoms with Gasteiger partial charge in [-0.2, -0.15) is 0 Å². The quantitative estimate of drug-likeness (QED) is 0.868. The predicted molar refractivity (Wildman–Crippen MR) is 63.9 cm³/mol. The summed E-state index contributed by atoms with van der Waals surface area (Å²) < 4.78 is 5.18. The molecule has 0 unspecified atom stereocenters. The van der Waals surface area contributed by atoms with Gasteiger partial charge in [0, 0.05) is 13.0 Å². The number of halogens is 1. The Kier molecular flexibility index (Phi) is 4.34. The van der Waals surface area contributed by atoms with Crippen LogP contribution in [0.4, 0.5) is 5.69 Å². The lowest BCUT2D eigenvalue weighted by Crippen LogP contribution is -2.09. The molecule has 0 heterocycles. The number of hydrogen-bond acceptors (Lipinski definition) is 3. The number of carboxylic acid groups (broad SMARTS) is 1. The molecule has 0 aliphatic rings. The van der Waals surface area contributed by atoms with Crippen LogP contribution in [0.2, 0.25) is 5.02 Å². The summed E-state index contributed by atoms with van der Waals surface area (Å²) in [4.78, 5) is 21.9. The highest BCUT2D eigenvalue weighted by Gasteiger charge is 2.15. The lowest BCUT2D eigenvalue weighted by atomic mass is 10.1. The van der Waals surface area contributed by atoms with Crippen LogP contribution >= 0.6 is 11.6 Å². The van der Waals surface area contributed by atoms with E-state index in [1.165, 1.54) is 19.1 Å². The van der Waals surface area contributed by atoms with Crippen LogP contribution in [0.1, 0.15) is 24.2 Å². The van der Waals surface area contributed by atoms with Gasteiger partial charge < -0.3 is 15.2 Å². The van der Waals surface area contributed by atoms with E-state index in [4.69, 9.17) is 21.4 Å². The van der Waals surface area contributed by atoms with Crippen molar-refractivity contribution >= 4 is 29.2 Å². The molecule has 0 saturated heterocycles. The van der Waals surface area contributed by atoms with Crippen LogP contribution in [-0.2, 0) is 4.79 Å². The molecule has 0 radical (unpaired) electrons. The van der Waals surface area contributed by atoms with E-state index in [0.29, 0.717) is 12.3 Å². The molecule has 0 aromatic heterocycles. The summed E-state index contributed by atoms with van der Waals surface area (Å²) in [7, 11) is 0. The highest BCUT2D eigenvalue weighted by atomic mass is 35.5. The third kappa shape index (κ3) is 3.35. The lowest BCUT2D eigenvalue weighted by molar-refractivity contribution is -0.114. The summed E-state index contributed by atoms with van der Waals surface area (Å²) in [5, 5.41) is 11.6. The number of carbonyl (C=O) groups is 2. The Morgan fingerprint density at radius 2 is 2.12 bits per heavy atom. The predicted octanol–water partition coefficient (Wildman–Crippen LogP) is 2.40. The van der Waals surface area contributed by atoms with Gasteiger partial charge in [0.1, 0.15) is 11.3 Å². The summed E-state index contributed by atoms with van der Waals surface area (Å²) in [6, 6.07) is 2.65. The zero-order valence-electron chi connectivity index (χ0n) is 9.41. The van der Waals surface area contributed by atoms with Crippen molar-refractivity contribution in [2.45, 2.75) is 13.8 Å². The van der Waals surface area contributed by atoms with E-state index in [9.17, 15) is 9.59 Å². The van der Waals surface area contributed by atoms with E-state index < -0.39 is 5.97 Å². The monoisotopic (exact) mass is 257 g/mol. The van der Waals surface area contributed by atoms with Crippen LogP contribution in [0, 0.1) is 0 Å². The van der Waals surface area contributed by atoms with Crippen molar-refractivity contribution in [2.24, 2.45) is 0 Å². The first kappa shape index (κ1) is 13.3. The molecule has 0 saturated carbocycles. The molecule has 1 rings (SSSR count). The molecular weight excluding hydrogens is 246 g/mol. The second-order valence-electron chi connectivity index (χ2n) is 3.25. The van der Waals surface area contributed by atoms with Gasteiger partial charge in [-0.25, -0.2) is 4.79 Å². The van der Waals surface area contributed by atoms with E-state index in [0.717, 1.165) is 0 Å². The molecule has 5 nitrogen and oxygen atoms in total. The minimum absolute atomic E-state index is 0.0362. The van der Waals surface area contributed by atoms with Gasteiger partial charge in [-0.3, -0.25) is 4.79 Å². The maximum atomic E-state index is 11.0. The van der Waals surface area contributed by atoms with Crippen LogP contribution in [0.25, 0.3) is 0 Å². The number of anilines is 1. The highest BCUT2D eigenvalue weighted by Crippen LogP contribution is 2.31. The number of carboxylic acids is 1. The van der Waals surface area contributed by atoms with Crippen molar-refractivity contribution in [3.05, 3.63) is 22.7 Å². The van der Waals surface area contributed by atoms with Gasteiger partial charge in [0.2, 0.25) is 5.91 Å². The normalized spacial score (nSPS) is 9.82. The van der Waals surface area contributed by atoms with E-state index in [1.54, 1.807) is 6.92 Å². The maximum Gasteiger partial charge on any atom is 0.339 e. The SMILES string of the molecule is CCOc1cc(NC(C)=O)c(Cl)cc1C(=O)O. The molecule has 0 atom stereocenters. The second kappa shape index (κ2) is 5.54. The van der Waals surface area contributed by atoms with Gasteiger partial charge in [0.25, 0.3) is 0 Å². The first-order valence-electron chi connectivity index (χ1n) is 4.93. The Labute approximate surface area is 103 Å². The fourth-order valence-corrected chi connectivity index (χ4v) is 1.49. The Balaban J connectivity index is 3.23. The van der Waals surface area contributed by atoms with E-state index in [1.807, 2.05) is 0 Å². The van der Waals surface area contributed by atoms with Crippen molar-refractivity contribution in [2.75, 3.05) is 11.9 Å². The molecule has 6 heteroatoms. The lowest BCUT2D eigenvalue weighted by Gasteiger charge is -2.11. The van der Waals surface area contributed by atoms with Crippen LogP contribution < -0.4 is 10.1 Å². The minimum atomic E-state index is -1.13. The van der Waals surface area contributed by atoms with E-state index in [-0.39, 0.29) is 22.2 Å². The maximum absolute atomic E-state index is 11.0. The van der Waals surface area contributed by atoms with Crippen LogP contribution in [0.5, 0.6) is 5.75 Å². The van der Waals surface area contributed by atoms with Gasteiger partial charge in [-0.05, 0) is 13.0 Å². The molecule has 0 aliphatic carbocycles. The number of aromatic carboxylic acids is 1. The fraction of sp³-hybridized carbons (Fsp3) is 0.273. The Morgan fingerprint density at radius 3 is 2.59 bits per heavy atom. The molecule has 1 aromatic carbocycles. The largest absolute Gasteiger partial charge is 0.493 e. The number of amides is 1. The zero-order valence-corrected chi connectivity index (χ0v) is 10.2. The van der Waals surface area contributed by atoms with Gasteiger partial charge >= 0.3 is 5.97 Å². The number of ether oxygens (including phenoxy) is 1. The van der Waals surface area contributed by atoms with Crippen LogP contribution in [0.15, 0.2) is 12.1 Å². The first-order valence-corrected chi connectivity index (χ1v) is 5.30. The van der Waals surface area contributed by atoms with Gasteiger partial charge in [-0.15, -0.1) is 0 Å². The van der Waals surface area contributed by atoms with Gasteiger partial charge in [0.15, 0.2) is 0 Å². The Hall–Kier alpha value is -1.75. The average molecular weight is 258 g/mol. The first-order chi connectivity index (χ1) is 7.95. The third-order valence-corrected chi connectivity index (χ3v) is 2.22. The molecule has 1 aromatic rings. The summed E-state index contributed by atoms with van der Waals surface area (Å²) in [5.74, 6) is -1.25. The van der Waals surface area contributed by atoms with Crippen molar-refractivity contribution in [1.29, 1.82) is 0 Å². The van der Waals surface area contributed by atoms with Crippen molar-refractivity contribution < 1.29 is 19.4 Å². The molecule has 2 N–H and O–H groups in total. The molecule has 92 valence electrons. The molecule has 0 aliphatic heterocycles. The van der Waals surface area contributed by atoms with E-state index >= 15 is 0 Å². The molecule has 1 amide bonds. The average Bonchev–Trinajstić information content (AvgIpc) is 2.21. The van der Waals surface area contributed by atoms with Crippen LogP contribution in [-0.4, -0.2) is 23.6 Å². The van der Waals surface area contributed by atoms with Gasteiger partial charge in [-0.1, -0.05) is 11.6 Å². The molecule has 0 bridgehead atoms. The Bertz CT molecular complexity index is 459. The molecule has 0 fully saturated rings. The number of rotatable bonds is 4. The number of carbonyl (C=O) groups excluding carboxylic acids is 1. The number of nitrogens with one attached hydrogen (secondary N) is 1. The van der Waals surface area contributed by atoms with Gasteiger partial charge in [0.05, 0.1) is 17.3 Å². The second-order valence-corrected chi connectivity index (χ2v) is 3.65. The van der Waals surface area contributed by atoms with Crippen molar-refractivity contribution in [1.82, 2.24) is 0 Å². The number of hydrogen-bond donors (Lipinski definition) is 2. The summed E-state index contributed by atoms with van der Waals surface area (Å²) in [6.07, 6.45) is 0. The molecule has 0 spiro atoms. The highest BCUT2D eigenvalue weighted by molar-refractivity contribution is 6.34. The molecule has 17 heavy (non-hydrogen) atoms. The molecular formula is C11H12ClNO4. The third-order valence-electron chi connectivity index (χ3n) is 1.91. The minimum Gasteiger partial charge on any atom is -0.493 e. The van der Waals surface area contributed by atoms with Crippen molar-refractivity contribution in [3.8, 4) is 5.75 Å². The summed E-state index contributed by atoms with van der Waals surface area (Å²) in [6.45, 7) is 3.39. The van der Waals surface area contributed by atoms with Crippen LogP contribution in [0.3, 0.4) is 0 Å². The smallest absolute Gasteiger partial charge is 0.339 e. The Morgan fingerprint density at radius 1 is 1.47 bits per heavy atom. The topological polar surface area (TPSA) is 75.6 Å². The fourth-order valence-electron chi connectivity index (χ4n) is 1.28. The summed E-state index contributed by atoms with van der Waals surface area (Å²) in [5.41, 5.74) is 0.290. The summed E-state index contributed by atoms with van der Waals surface area (Å²) >= 11 is 5.86. The number of benzene rings is 1. The zero-order chi connectivity index (χ0) is 13.0. The van der Waals surface area contributed by atoms with E-state index in [2.05, 4.69) is 5.32 Å².